The first-order valence-corrected chi connectivity index (χ1v) is 12.3. The number of aromatic nitrogens is 2. The van der Waals surface area contributed by atoms with Crippen LogP contribution in [0.5, 0.6) is 0 Å². The van der Waals surface area contributed by atoms with Crippen molar-refractivity contribution in [3.8, 4) is 0 Å². The maximum atomic E-state index is 4.98. The number of aromatic amines is 1. The van der Waals surface area contributed by atoms with Crippen molar-refractivity contribution < 1.29 is 0 Å². The minimum Gasteiger partial charge on any atom is -0.347 e. The van der Waals surface area contributed by atoms with Crippen molar-refractivity contribution in [2.24, 2.45) is 5.10 Å². The van der Waals surface area contributed by atoms with Gasteiger partial charge in [0.15, 0.2) is 0 Å². The SMILES string of the molecule is CCCCCn1c2ccccc2c2cc(/C=N\N(c3ccc[nH]3)C3CCCCC3)ccc21. The van der Waals surface area contributed by atoms with E-state index >= 15 is 0 Å². The molecule has 1 saturated carbocycles. The molecular formula is C28H34N4. The number of hydrogen-bond donors (Lipinski definition) is 1. The van der Waals surface area contributed by atoms with Crippen LogP contribution in [0.3, 0.4) is 0 Å². The number of hydrogen-bond acceptors (Lipinski definition) is 2. The average Bonchev–Trinajstić information content (AvgIpc) is 3.47. The highest BCUT2D eigenvalue weighted by Gasteiger charge is 2.21. The van der Waals surface area contributed by atoms with E-state index in [1.807, 2.05) is 12.4 Å². The molecule has 0 aliphatic heterocycles. The molecule has 2 aromatic heterocycles. The van der Waals surface area contributed by atoms with E-state index in [0.29, 0.717) is 6.04 Å². The molecular weight excluding hydrogens is 392 g/mol. The Morgan fingerprint density at radius 2 is 1.81 bits per heavy atom. The second kappa shape index (κ2) is 9.64. The van der Waals surface area contributed by atoms with Gasteiger partial charge >= 0.3 is 0 Å². The van der Waals surface area contributed by atoms with E-state index in [9.17, 15) is 0 Å². The van der Waals surface area contributed by atoms with Gasteiger partial charge < -0.3 is 9.55 Å². The molecule has 2 aromatic carbocycles. The first kappa shape index (κ1) is 20.9. The average molecular weight is 427 g/mol. The van der Waals surface area contributed by atoms with Crippen molar-refractivity contribution in [1.29, 1.82) is 0 Å². The third-order valence-corrected chi connectivity index (χ3v) is 6.86. The van der Waals surface area contributed by atoms with Gasteiger partial charge in [0.25, 0.3) is 0 Å². The smallest absolute Gasteiger partial charge is 0.126 e. The van der Waals surface area contributed by atoms with Crippen LogP contribution in [0.4, 0.5) is 5.82 Å². The summed E-state index contributed by atoms with van der Waals surface area (Å²) >= 11 is 0. The fraction of sp³-hybridized carbons (Fsp3) is 0.393. The summed E-state index contributed by atoms with van der Waals surface area (Å²) in [6.45, 7) is 3.34. The van der Waals surface area contributed by atoms with Crippen LogP contribution in [0.15, 0.2) is 65.9 Å². The van der Waals surface area contributed by atoms with Gasteiger partial charge in [-0.1, -0.05) is 63.3 Å². The number of benzene rings is 2. The van der Waals surface area contributed by atoms with E-state index in [-0.39, 0.29) is 0 Å². The molecule has 0 spiro atoms. The van der Waals surface area contributed by atoms with Gasteiger partial charge in [-0.2, -0.15) is 5.10 Å². The van der Waals surface area contributed by atoms with Gasteiger partial charge in [0.2, 0.25) is 0 Å². The lowest BCUT2D eigenvalue weighted by Crippen LogP contribution is -2.33. The van der Waals surface area contributed by atoms with Crippen LogP contribution in [0.25, 0.3) is 21.8 Å². The molecule has 2 heterocycles. The number of unbranched alkanes of at least 4 members (excludes halogenated alkanes) is 2. The van der Waals surface area contributed by atoms with Crippen molar-refractivity contribution in [2.75, 3.05) is 5.01 Å². The Kier molecular flexibility index (Phi) is 6.29. The number of nitrogens with one attached hydrogen (secondary N) is 1. The summed E-state index contributed by atoms with van der Waals surface area (Å²) < 4.78 is 2.49. The quantitative estimate of drug-likeness (QED) is 0.177. The van der Waals surface area contributed by atoms with Crippen LogP contribution in [-0.4, -0.2) is 21.8 Å². The second-order valence-corrected chi connectivity index (χ2v) is 9.09. The van der Waals surface area contributed by atoms with Gasteiger partial charge in [-0.3, -0.25) is 0 Å². The first-order valence-electron chi connectivity index (χ1n) is 12.3. The molecule has 1 fully saturated rings. The Morgan fingerprint density at radius 3 is 2.62 bits per heavy atom. The molecule has 1 aliphatic carbocycles. The standard InChI is InChI=1S/C28H34N4/c1-2-3-9-19-31-26-14-8-7-13-24(26)25-20-22(16-17-27(25)31)21-30-32(28-15-10-18-29-28)23-11-5-4-6-12-23/h7-8,10,13-18,20-21,23,29H,2-6,9,11-12,19H2,1H3/b30-21-. The first-order chi connectivity index (χ1) is 15.8. The summed E-state index contributed by atoms with van der Waals surface area (Å²) in [5.41, 5.74) is 3.82. The molecule has 4 aromatic rings. The largest absolute Gasteiger partial charge is 0.347 e. The lowest BCUT2D eigenvalue weighted by atomic mass is 9.95. The monoisotopic (exact) mass is 426 g/mol. The van der Waals surface area contributed by atoms with Gasteiger partial charge in [0.1, 0.15) is 5.82 Å². The van der Waals surface area contributed by atoms with E-state index < -0.39 is 0 Å². The molecule has 0 bridgehead atoms. The van der Waals surface area contributed by atoms with Crippen LogP contribution >= 0.6 is 0 Å². The molecule has 0 radical (unpaired) electrons. The maximum absolute atomic E-state index is 4.98. The fourth-order valence-electron chi connectivity index (χ4n) is 5.18. The third kappa shape index (κ3) is 4.19. The predicted octanol–water partition coefficient (Wildman–Crippen LogP) is 7.49. The van der Waals surface area contributed by atoms with E-state index in [1.165, 1.54) is 73.2 Å². The molecule has 5 rings (SSSR count). The van der Waals surface area contributed by atoms with Crippen LogP contribution in [0.2, 0.25) is 0 Å². The van der Waals surface area contributed by atoms with E-state index in [1.54, 1.807) is 0 Å². The highest BCUT2D eigenvalue weighted by Crippen LogP contribution is 2.30. The molecule has 0 amide bonds. The Morgan fingerprint density at radius 1 is 0.969 bits per heavy atom. The predicted molar refractivity (Wildman–Crippen MR) is 137 cm³/mol. The summed E-state index contributed by atoms with van der Waals surface area (Å²) in [6.07, 6.45) is 14.1. The summed E-state index contributed by atoms with van der Waals surface area (Å²) in [5, 5.41) is 9.85. The Balaban J connectivity index is 1.49. The molecule has 4 heteroatoms. The zero-order valence-corrected chi connectivity index (χ0v) is 19.1. The Labute approximate surface area is 190 Å². The number of anilines is 1. The van der Waals surface area contributed by atoms with Gasteiger partial charge in [-0.25, -0.2) is 5.01 Å². The number of para-hydroxylation sites is 1. The summed E-state index contributed by atoms with van der Waals surface area (Å²) in [4.78, 5) is 3.36. The minimum atomic E-state index is 0.475. The van der Waals surface area contributed by atoms with Crippen LogP contribution in [0.1, 0.15) is 63.9 Å². The molecule has 32 heavy (non-hydrogen) atoms. The zero-order chi connectivity index (χ0) is 21.8. The summed E-state index contributed by atoms with van der Waals surface area (Å²) in [5.74, 6) is 1.08. The number of rotatable bonds is 8. The summed E-state index contributed by atoms with van der Waals surface area (Å²) in [7, 11) is 0. The second-order valence-electron chi connectivity index (χ2n) is 9.09. The van der Waals surface area contributed by atoms with Crippen molar-refractivity contribution >= 4 is 33.8 Å². The van der Waals surface area contributed by atoms with Gasteiger partial charge in [0, 0.05) is 34.5 Å². The van der Waals surface area contributed by atoms with Crippen LogP contribution < -0.4 is 5.01 Å². The number of nitrogens with zero attached hydrogens (tertiary/aromatic N) is 3. The maximum Gasteiger partial charge on any atom is 0.126 e. The van der Waals surface area contributed by atoms with Crippen LogP contribution in [-0.2, 0) is 6.54 Å². The Hall–Kier alpha value is -3.01. The highest BCUT2D eigenvalue weighted by atomic mass is 15.5. The van der Waals surface area contributed by atoms with Crippen molar-refractivity contribution in [3.05, 3.63) is 66.4 Å². The molecule has 1 N–H and O–H groups in total. The van der Waals surface area contributed by atoms with Gasteiger partial charge in [-0.15, -0.1) is 0 Å². The highest BCUT2D eigenvalue weighted by molar-refractivity contribution is 6.09. The number of H-pyrrole nitrogens is 1. The number of aryl methyl sites for hydroxylation is 1. The number of hydrazone groups is 1. The third-order valence-electron chi connectivity index (χ3n) is 6.86. The van der Waals surface area contributed by atoms with Crippen molar-refractivity contribution in [3.63, 3.8) is 0 Å². The lowest BCUT2D eigenvalue weighted by molar-refractivity contribution is 0.417. The topological polar surface area (TPSA) is 36.3 Å². The Bertz CT molecular complexity index is 1180. The summed E-state index contributed by atoms with van der Waals surface area (Å²) in [6, 6.07) is 20.3. The molecule has 0 unspecified atom stereocenters. The van der Waals surface area contributed by atoms with E-state index in [4.69, 9.17) is 5.10 Å². The lowest BCUT2D eigenvalue weighted by Gasteiger charge is -2.31. The van der Waals surface area contributed by atoms with Gasteiger partial charge in [-0.05, 0) is 55.2 Å². The minimum absolute atomic E-state index is 0.475. The number of fused-ring (bicyclic) bond motifs is 3. The molecule has 1 aliphatic rings. The normalized spacial score (nSPS) is 15.3. The molecule has 0 atom stereocenters. The fourth-order valence-corrected chi connectivity index (χ4v) is 5.18. The van der Waals surface area contributed by atoms with Gasteiger partial charge in [0.05, 0.1) is 12.3 Å². The van der Waals surface area contributed by atoms with E-state index in [2.05, 4.69) is 76.1 Å². The van der Waals surface area contributed by atoms with E-state index in [0.717, 1.165) is 17.9 Å². The van der Waals surface area contributed by atoms with Crippen molar-refractivity contribution in [1.82, 2.24) is 9.55 Å². The van der Waals surface area contributed by atoms with Crippen molar-refractivity contribution in [2.45, 2.75) is 70.9 Å². The van der Waals surface area contributed by atoms with Crippen LogP contribution in [0, 0.1) is 0 Å². The molecule has 4 nitrogen and oxygen atoms in total. The molecule has 166 valence electrons. The molecule has 0 saturated heterocycles. The zero-order valence-electron chi connectivity index (χ0n) is 19.1.